The van der Waals surface area contributed by atoms with E-state index < -0.39 is 17.0 Å². The first-order valence-corrected chi connectivity index (χ1v) is 4.70. The van der Waals surface area contributed by atoms with Gasteiger partial charge in [-0.25, -0.2) is 0 Å². The van der Waals surface area contributed by atoms with Crippen LogP contribution in [0.25, 0.3) is 0 Å². The zero-order valence-corrected chi connectivity index (χ0v) is 10.9. The third-order valence-electron chi connectivity index (χ3n) is 1.39. The molecule has 1 unspecified atom stereocenters. The summed E-state index contributed by atoms with van der Waals surface area (Å²) in [5.74, 6) is -0.468. The Balaban J connectivity index is 0.00000169. The molecule has 70 valence electrons. The first-order chi connectivity index (χ1) is 6.15. The van der Waals surface area contributed by atoms with E-state index in [1.165, 1.54) is 24.3 Å². The molecule has 0 aliphatic carbocycles. The van der Waals surface area contributed by atoms with Crippen LogP contribution in [0, 0.1) is 0 Å². The minimum Gasteiger partial charge on any atom is -0.768 e. The van der Waals surface area contributed by atoms with Crippen LogP contribution < -0.4 is 34.4 Å². The molecule has 0 spiro atoms. The van der Waals surface area contributed by atoms with Gasteiger partial charge < -0.3 is 4.55 Å². The Morgan fingerprint density at radius 1 is 1.36 bits per heavy atom. The number of hydrogen-bond acceptors (Lipinski definition) is 3. The van der Waals surface area contributed by atoms with Crippen molar-refractivity contribution in [2.75, 3.05) is 0 Å². The van der Waals surface area contributed by atoms with Gasteiger partial charge >= 0.3 is 29.6 Å². The number of carbonyl (C=O) groups excluding carboxylic acids is 1. The normalized spacial score (nSPS) is 11.3. The van der Waals surface area contributed by atoms with E-state index in [0.29, 0.717) is 5.56 Å². The molecular formula is C7H5ClNNaO3S. The summed E-state index contributed by atoms with van der Waals surface area (Å²) < 4.78 is 20.9. The molecule has 1 atom stereocenters. The molecule has 7 heteroatoms. The molecule has 0 bridgehead atoms. The van der Waals surface area contributed by atoms with Crippen LogP contribution in [-0.2, 0) is 11.1 Å². The minimum atomic E-state index is -2.27. The Bertz CT molecular complexity index is 343. The van der Waals surface area contributed by atoms with Crippen molar-refractivity contribution >= 4 is 28.8 Å². The van der Waals surface area contributed by atoms with E-state index in [4.69, 9.17) is 11.8 Å². The van der Waals surface area contributed by atoms with Crippen LogP contribution in [0.2, 0.25) is 0 Å². The number of halogens is 1. The van der Waals surface area contributed by atoms with Crippen molar-refractivity contribution in [2.24, 2.45) is 0 Å². The maximum absolute atomic E-state index is 10.9. The Labute approximate surface area is 111 Å². The number of rotatable bonds is 2. The van der Waals surface area contributed by atoms with E-state index in [-0.39, 0.29) is 34.5 Å². The summed E-state index contributed by atoms with van der Waals surface area (Å²) in [6.07, 6.45) is 0. The molecule has 0 aliphatic heterocycles. The molecule has 1 rings (SSSR count). The smallest absolute Gasteiger partial charge is 0.768 e. The molecule has 0 fully saturated rings. The summed E-state index contributed by atoms with van der Waals surface area (Å²) in [5.41, 5.74) is 0.309. The Morgan fingerprint density at radius 3 is 2.21 bits per heavy atom. The maximum atomic E-state index is 10.9. The van der Waals surface area contributed by atoms with Gasteiger partial charge in [0.15, 0.2) is 0 Å². The van der Waals surface area contributed by atoms with Crippen LogP contribution in [0.3, 0.4) is 0 Å². The third-order valence-corrected chi connectivity index (χ3v) is 2.22. The monoisotopic (exact) mass is 241 g/mol. The fraction of sp³-hybridized carbons (Fsp3) is 0. The van der Waals surface area contributed by atoms with Gasteiger partial charge in [0, 0.05) is 22.2 Å². The van der Waals surface area contributed by atoms with Crippen LogP contribution in [-0.4, -0.2) is 14.7 Å². The molecule has 1 aromatic carbocycles. The average molecular weight is 242 g/mol. The van der Waals surface area contributed by atoms with E-state index in [2.05, 4.69) is 0 Å². The molecule has 1 aromatic rings. The molecule has 0 aliphatic rings. The first kappa shape index (κ1) is 14.1. The molecule has 0 radical (unpaired) electrons. The van der Waals surface area contributed by atoms with Crippen LogP contribution >= 0.6 is 11.8 Å². The number of carbonyl (C=O) groups is 1. The fourth-order valence-electron chi connectivity index (χ4n) is 0.772. The van der Waals surface area contributed by atoms with Crippen LogP contribution in [0.4, 0.5) is 0 Å². The summed E-state index contributed by atoms with van der Waals surface area (Å²) in [6.45, 7) is 0. The van der Waals surface area contributed by atoms with E-state index in [9.17, 15) is 13.6 Å². The second-order valence-electron chi connectivity index (χ2n) is 2.18. The third kappa shape index (κ3) is 3.68. The number of amides is 1. The quantitative estimate of drug-likeness (QED) is 0.363. The van der Waals surface area contributed by atoms with Gasteiger partial charge in [-0.05, 0) is 35.3 Å². The minimum absolute atomic E-state index is 0. The molecule has 4 nitrogen and oxygen atoms in total. The zero-order chi connectivity index (χ0) is 9.84. The summed E-state index contributed by atoms with van der Waals surface area (Å²) in [6, 6.07) is 5.40. The molecule has 1 amide bonds. The molecular weight excluding hydrogens is 237 g/mol. The van der Waals surface area contributed by atoms with Gasteiger partial charge in [-0.1, -0.05) is 0 Å². The van der Waals surface area contributed by atoms with Gasteiger partial charge in [0.05, 0.1) is 0 Å². The Kier molecular flexibility index (Phi) is 6.59. The van der Waals surface area contributed by atoms with Gasteiger partial charge in [0.1, 0.15) is 0 Å². The maximum Gasteiger partial charge on any atom is 1.00 e. The molecule has 0 heterocycles. The number of benzene rings is 1. The largest absolute Gasteiger partial charge is 1.00 e. The van der Waals surface area contributed by atoms with E-state index in [1.54, 1.807) is 0 Å². The molecule has 0 saturated carbocycles. The van der Waals surface area contributed by atoms with Crippen LogP contribution in [0.5, 0.6) is 0 Å². The Morgan fingerprint density at radius 2 is 1.86 bits per heavy atom. The van der Waals surface area contributed by atoms with Gasteiger partial charge in [0.25, 0.3) is 5.91 Å². The van der Waals surface area contributed by atoms with Crippen molar-refractivity contribution in [3.05, 3.63) is 29.8 Å². The van der Waals surface area contributed by atoms with Crippen molar-refractivity contribution < 1.29 is 43.1 Å². The molecule has 14 heavy (non-hydrogen) atoms. The van der Waals surface area contributed by atoms with E-state index >= 15 is 0 Å². The average Bonchev–Trinajstić information content (AvgIpc) is 2.17. The van der Waals surface area contributed by atoms with Crippen molar-refractivity contribution in [3.8, 4) is 0 Å². The summed E-state index contributed by atoms with van der Waals surface area (Å²) in [7, 11) is 0. The summed E-state index contributed by atoms with van der Waals surface area (Å²) >= 11 is 2.80. The molecule has 0 aromatic heterocycles. The zero-order valence-electron chi connectivity index (χ0n) is 7.32. The SMILES string of the molecule is O=C(NCl)c1ccc(S(=O)[O-])cc1.[Na+]. The number of nitrogens with one attached hydrogen (secondary N) is 1. The van der Waals surface area contributed by atoms with Crippen molar-refractivity contribution in [2.45, 2.75) is 4.90 Å². The predicted molar refractivity (Wildman–Crippen MR) is 46.9 cm³/mol. The van der Waals surface area contributed by atoms with Crippen LogP contribution in [0.1, 0.15) is 10.4 Å². The predicted octanol–water partition coefficient (Wildman–Crippen LogP) is -2.19. The first-order valence-electron chi connectivity index (χ1n) is 3.25. The van der Waals surface area contributed by atoms with Crippen LogP contribution in [0.15, 0.2) is 29.2 Å². The van der Waals surface area contributed by atoms with Crippen molar-refractivity contribution in [1.82, 2.24) is 4.84 Å². The molecule has 1 N–H and O–H groups in total. The van der Waals surface area contributed by atoms with Gasteiger partial charge in [-0.3, -0.25) is 13.8 Å². The van der Waals surface area contributed by atoms with Gasteiger partial charge in [0.2, 0.25) is 0 Å². The van der Waals surface area contributed by atoms with E-state index in [1.807, 2.05) is 4.84 Å². The second-order valence-corrected chi connectivity index (χ2v) is 3.31. The van der Waals surface area contributed by atoms with Gasteiger partial charge in [-0.2, -0.15) is 0 Å². The second kappa shape index (κ2) is 6.55. The summed E-state index contributed by atoms with van der Waals surface area (Å²) in [4.78, 5) is 12.9. The van der Waals surface area contributed by atoms with Crippen molar-refractivity contribution in [3.63, 3.8) is 0 Å². The van der Waals surface area contributed by atoms with Crippen molar-refractivity contribution in [1.29, 1.82) is 0 Å². The molecule has 0 saturated heterocycles. The topological polar surface area (TPSA) is 69.2 Å². The Hall–Kier alpha value is 0.0900. The summed E-state index contributed by atoms with van der Waals surface area (Å²) in [5, 5.41) is 0. The number of hydrogen-bond donors (Lipinski definition) is 1. The standard InChI is InChI=1S/C7H6ClNO3S.Na/c8-9-7(10)5-1-3-6(4-2-5)13(11)12;/h1-4H,(H,9,10)(H,11,12);/q;+1/p-1. The van der Waals surface area contributed by atoms with E-state index in [0.717, 1.165) is 0 Å². The van der Waals surface area contributed by atoms with Gasteiger partial charge in [-0.15, -0.1) is 0 Å². The fourth-order valence-corrected chi connectivity index (χ4v) is 1.24.